The molecule has 0 saturated carbocycles. The highest BCUT2D eigenvalue weighted by Gasteiger charge is 2.04. The average Bonchev–Trinajstić information content (AvgIpc) is 2.78. The van der Waals surface area contributed by atoms with E-state index in [4.69, 9.17) is 9.47 Å². The second kappa shape index (κ2) is 15.3. The van der Waals surface area contributed by atoms with Gasteiger partial charge in [0.1, 0.15) is 5.75 Å². The maximum atomic E-state index is 11.8. The molecule has 0 aliphatic carbocycles. The van der Waals surface area contributed by atoms with Crippen LogP contribution < -0.4 is 4.74 Å². The van der Waals surface area contributed by atoms with Crippen molar-refractivity contribution in [2.45, 2.75) is 64.2 Å². The van der Waals surface area contributed by atoms with E-state index < -0.39 is 0 Å². The number of carbonyl (C=O) groups is 2. The quantitative estimate of drug-likeness (QED) is 0.188. The number of esters is 1. The van der Waals surface area contributed by atoms with E-state index in [0.29, 0.717) is 30.9 Å². The number of carbonyl (C=O) groups excluding carboxylic acids is 2. The van der Waals surface area contributed by atoms with Gasteiger partial charge in [-0.05, 0) is 49.8 Å². The first-order valence-corrected chi connectivity index (χ1v) is 11.2. The smallest absolute Gasteiger partial charge is 0.305 e. The topological polar surface area (TPSA) is 52.6 Å². The summed E-state index contributed by atoms with van der Waals surface area (Å²) >= 11 is 0. The van der Waals surface area contributed by atoms with Crippen LogP contribution in [0.2, 0.25) is 0 Å². The van der Waals surface area contributed by atoms with Gasteiger partial charge in [-0.25, -0.2) is 0 Å². The van der Waals surface area contributed by atoms with Crippen LogP contribution in [0.25, 0.3) is 0 Å². The summed E-state index contributed by atoms with van der Waals surface area (Å²) < 4.78 is 11.0. The zero-order valence-electron chi connectivity index (χ0n) is 17.9. The Kier molecular flexibility index (Phi) is 12.0. The number of hydrogen-bond donors (Lipinski definition) is 0. The molecule has 0 aromatic heterocycles. The Bertz CT molecular complexity index is 727. The highest BCUT2D eigenvalue weighted by Crippen LogP contribution is 2.16. The lowest BCUT2D eigenvalue weighted by atomic mass is 10.1. The van der Waals surface area contributed by atoms with Crippen LogP contribution >= 0.6 is 0 Å². The van der Waals surface area contributed by atoms with E-state index in [2.05, 4.69) is 24.3 Å². The number of rotatable bonds is 16. The van der Waals surface area contributed by atoms with Gasteiger partial charge in [0, 0.05) is 6.42 Å². The molecule has 0 amide bonds. The number of hydrogen-bond acceptors (Lipinski definition) is 4. The molecule has 0 spiro atoms. The Balaban J connectivity index is 1.37. The fourth-order valence-electron chi connectivity index (χ4n) is 3.30. The second-order valence-electron chi connectivity index (χ2n) is 7.54. The minimum absolute atomic E-state index is 0.0876. The lowest BCUT2D eigenvalue weighted by Crippen LogP contribution is -2.06. The minimum atomic E-state index is -0.0876. The van der Waals surface area contributed by atoms with Gasteiger partial charge in [0.05, 0.1) is 18.8 Å². The van der Waals surface area contributed by atoms with Crippen molar-refractivity contribution in [1.29, 1.82) is 0 Å². The van der Waals surface area contributed by atoms with Crippen molar-refractivity contribution in [3.05, 3.63) is 65.7 Å². The molecule has 0 aliphatic heterocycles. The summed E-state index contributed by atoms with van der Waals surface area (Å²) in [6, 6.07) is 17.8. The van der Waals surface area contributed by atoms with Crippen LogP contribution in [0.15, 0.2) is 54.6 Å². The van der Waals surface area contributed by atoms with Crippen LogP contribution in [0.5, 0.6) is 5.75 Å². The lowest BCUT2D eigenvalue weighted by Gasteiger charge is -2.08. The van der Waals surface area contributed by atoms with Crippen LogP contribution in [-0.2, 0) is 16.0 Å². The van der Waals surface area contributed by atoms with E-state index in [1.165, 1.54) is 18.4 Å². The summed E-state index contributed by atoms with van der Waals surface area (Å²) in [5.41, 5.74) is 1.97. The second-order valence-corrected chi connectivity index (χ2v) is 7.54. The number of benzene rings is 2. The molecule has 0 fully saturated rings. The SMILES string of the molecule is O=Cc1ccccc1OCCCCCCC(=O)OCCCCCCc1ccccc1. The van der Waals surface area contributed by atoms with Gasteiger partial charge in [0.25, 0.3) is 0 Å². The zero-order chi connectivity index (χ0) is 21.3. The molecular weight excluding hydrogens is 376 g/mol. The summed E-state index contributed by atoms with van der Waals surface area (Å²) in [5.74, 6) is 0.548. The highest BCUT2D eigenvalue weighted by atomic mass is 16.5. The largest absolute Gasteiger partial charge is 0.493 e. The Labute approximate surface area is 180 Å². The third-order valence-electron chi connectivity index (χ3n) is 5.04. The van der Waals surface area contributed by atoms with Crippen molar-refractivity contribution >= 4 is 12.3 Å². The number of aryl methyl sites for hydroxylation is 1. The first-order chi connectivity index (χ1) is 14.8. The Morgan fingerprint density at radius 3 is 2.20 bits per heavy atom. The van der Waals surface area contributed by atoms with Crippen molar-refractivity contribution in [1.82, 2.24) is 0 Å². The molecule has 2 aromatic carbocycles. The Morgan fingerprint density at radius 1 is 0.733 bits per heavy atom. The molecule has 4 nitrogen and oxygen atoms in total. The molecule has 30 heavy (non-hydrogen) atoms. The van der Waals surface area contributed by atoms with Gasteiger partial charge in [-0.1, -0.05) is 68.1 Å². The van der Waals surface area contributed by atoms with E-state index >= 15 is 0 Å². The molecule has 0 atom stereocenters. The molecule has 0 aliphatic rings. The van der Waals surface area contributed by atoms with E-state index in [9.17, 15) is 9.59 Å². The molecule has 0 radical (unpaired) electrons. The highest BCUT2D eigenvalue weighted by molar-refractivity contribution is 5.79. The van der Waals surface area contributed by atoms with E-state index in [1.807, 2.05) is 24.3 Å². The summed E-state index contributed by atoms with van der Waals surface area (Å²) in [5, 5.41) is 0. The molecule has 4 heteroatoms. The predicted molar refractivity (Wildman–Crippen MR) is 120 cm³/mol. The molecule has 0 heterocycles. The van der Waals surface area contributed by atoms with E-state index in [-0.39, 0.29) is 5.97 Å². The van der Waals surface area contributed by atoms with Gasteiger partial charge in [-0.3, -0.25) is 9.59 Å². The predicted octanol–water partition coefficient (Wildman–Crippen LogP) is 6.17. The van der Waals surface area contributed by atoms with Crippen molar-refractivity contribution in [2.75, 3.05) is 13.2 Å². The fourth-order valence-corrected chi connectivity index (χ4v) is 3.30. The summed E-state index contributed by atoms with van der Waals surface area (Å²) in [7, 11) is 0. The van der Waals surface area contributed by atoms with Gasteiger partial charge in [0.2, 0.25) is 0 Å². The van der Waals surface area contributed by atoms with E-state index in [1.54, 1.807) is 6.07 Å². The zero-order valence-corrected chi connectivity index (χ0v) is 17.9. The van der Waals surface area contributed by atoms with E-state index in [0.717, 1.165) is 51.2 Å². The number of aldehydes is 1. The first kappa shape index (κ1) is 23.7. The fraction of sp³-hybridized carbons (Fsp3) is 0.462. The number of ether oxygens (including phenoxy) is 2. The van der Waals surface area contributed by atoms with Crippen molar-refractivity contribution in [3.63, 3.8) is 0 Å². The molecule has 0 bridgehead atoms. The Hall–Kier alpha value is -2.62. The summed E-state index contributed by atoms with van der Waals surface area (Å²) in [6.07, 6.45) is 10.6. The third kappa shape index (κ3) is 10.2. The molecule has 0 N–H and O–H groups in total. The van der Waals surface area contributed by atoms with Crippen molar-refractivity contribution in [3.8, 4) is 5.75 Å². The minimum Gasteiger partial charge on any atom is -0.493 e. The van der Waals surface area contributed by atoms with Gasteiger partial charge < -0.3 is 9.47 Å². The molecular formula is C26H34O4. The lowest BCUT2D eigenvalue weighted by molar-refractivity contribution is -0.143. The monoisotopic (exact) mass is 410 g/mol. The standard InChI is InChI=1S/C26H34O4/c27-22-24-17-10-11-18-25(24)29-20-12-4-2-9-19-26(28)30-21-13-3-1-6-14-23-15-7-5-8-16-23/h5,7-8,10-11,15-18,22H,1-4,6,9,12-14,19-21H2. The molecule has 0 unspecified atom stereocenters. The van der Waals surface area contributed by atoms with Crippen molar-refractivity contribution in [2.24, 2.45) is 0 Å². The van der Waals surface area contributed by atoms with Crippen LogP contribution in [0.1, 0.15) is 73.7 Å². The van der Waals surface area contributed by atoms with Gasteiger partial charge in [0.15, 0.2) is 6.29 Å². The van der Waals surface area contributed by atoms with Crippen LogP contribution in [-0.4, -0.2) is 25.5 Å². The summed E-state index contributed by atoms with van der Waals surface area (Å²) in [6.45, 7) is 1.12. The summed E-state index contributed by atoms with van der Waals surface area (Å²) in [4.78, 5) is 22.7. The maximum absolute atomic E-state index is 11.8. The maximum Gasteiger partial charge on any atom is 0.305 e. The third-order valence-corrected chi connectivity index (χ3v) is 5.04. The van der Waals surface area contributed by atoms with Crippen LogP contribution in [0.3, 0.4) is 0 Å². The van der Waals surface area contributed by atoms with Crippen molar-refractivity contribution < 1.29 is 19.1 Å². The first-order valence-electron chi connectivity index (χ1n) is 11.2. The van der Waals surface area contributed by atoms with Gasteiger partial charge >= 0.3 is 5.97 Å². The molecule has 162 valence electrons. The normalized spacial score (nSPS) is 10.5. The number of unbranched alkanes of at least 4 members (excludes halogenated alkanes) is 6. The number of para-hydroxylation sites is 1. The molecule has 2 aromatic rings. The molecule has 2 rings (SSSR count). The van der Waals surface area contributed by atoms with Crippen LogP contribution in [0, 0.1) is 0 Å². The van der Waals surface area contributed by atoms with Crippen LogP contribution in [0.4, 0.5) is 0 Å². The van der Waals surface area contributed by atoms with Gasteiger partial charge in [-0.2, -0.15) is 0 Å². The Morgan fingerprint density at radius 2 is 1.40 bits per heavy atom. The van der Waals surface area contributed by atoms with Gasteiger partial charge in [-0.15, -0.1) is 0 Å². The molecule has 0 saturated heterocycles. The average molecular weight is 411 g/mol.